The monoisotopic (exact) mass is 591 g/mol. The van der Waals surface area contributed by atoms with E-state index in [2.05, 4.69) is 20.6 Å². The number of amides is 2. The average molecular weight is 592 g/mol. The zero-order valence-corrected chi connectivity index (χ0v) is 25.1. The van der Waals surface area contributed by atoms with E-state index < -0.39 is 0 Å². The van der Waals surface area contributed by atoms with Gasteiger partial charge in [-0.05, 0) is 56.5 Å². The molecule has 0 spiro atoms. The number of likely N-dealkylation sites (tertiary alicyclic amines) is 1. The number of hydrogen-bond donors (Lipinski definition) is 3. The van der Waals surface area contributed by atoms with Gasteiger partial charge in [-0.15, -0.1) is 0 Å². The molecule has 0 saturated carbocycles. The minimum atomic E-state index is -0.261. The molecular formula is C32H41N5O6. The SMILES string of the molecule is COc1cc2cc(c1)C(=O)NCCCC(=O)N[C@H]1CN(Cc3c(C)nn(CCO)c3C)CC[C@@H]1OCc1cccc(c1)O2. The molecule has 11 nitrogen and oxygen atoms in total. The third-order valence-electron chi connectivity index (χ3n) is 8.05. The van der Waals surface area contributed by atoms with E-state index in [0.29, 0.717) is 62.0 Å². The predicted octanol–water partition coefficient (Wildman–Crippen LogP) is 3.09. The van der Waals surface area contributed by atoms with Crippen LogP contribution in [0.3, 0.4) is 0 Å². The van der Waals surface area contributed by atoms with E-state index in [9.17, 15) is 14.7 Å². The second-order valence-corrected chi connectivity index (χ2v) is 11.1. The predicted molar refractivity (Wildman–Crippen MR) is 160 cm³/mol. The molecule has 11 heteroatoms. The Morgan fingerprint density at radius 3 is 2.81 bits per heavy atom. The molecule has 5 rings (SSSR count). The number of benzene rings is 2. The Kier molecular flexibility index (Phi) is 9.96. The molecule has 3 aromatic rings. The minimum absolute atomic E-state index is 0.0402. The van der Waals surface area contributed by atoms with Gasteiger partial charge in [-0.2, -0.15) is 5.10 Å². The molecule has 43 heavy (non-hydrogen) atoms. The second-order valence-electron chi connectivity index (χ2n) is 11.1. The Hall–Kier alpha value is -3.93. The van der Waals surface area contributed by atoms with Gasteiger partial charge in [0.25, 0.3) is 5.91 Å². The van der Waals surface area contributed by atoms with Gasteiger partial charge in [0.05, 0.1) is 44.7 Å². The lowest BCUT2D eigenvalue weighted by Crippen LogP contribution is -2.55. The summed E-state index contributed by atoms with van der Waals surface area (Å²) < 4.78 is 19.8. The van der Waals surface area contributed by atoms with Gasteiger partial charge >= 0.3 is 0 Å². The Balaban J connectivity index is 1.34. The standard InChI is InChI=1S/C32H41N5O6/c1-21-28(22(2)37(35-21)12-13-38)18-36-11-9-30-29(19-36)34-31(39)8-5-10-33-32(40)24-15-26(41-3)17-27(16-24)43-25-7-4-6-23(14-25)20-42-30/h4,6-7,14-17,29-30,38H,5,8-13,18-20H2,1-3H3,(H,33,40)(H,34,39)/t29-,30-/m0/s1. The van der Waals surface area contributed by atoms with Crippen molar-refractivity contribution in [1.29, 1.82) is 0 Å². The van der Waals surface area contributed by atoms with E-state index in [4.69, 9.17) is 14.2 Å². The number of rotatable bonds is 5. The summed E-state index contributed by atoms with van der Waals surface area (Å²) in [5.41, 5.74) is 4.50. The highest BCUT2D eigenvalue weighted by Gasteiger charge is 2.32. The molecule has 2 aromatic carbocycles. The Labute approximate surface area is 252 Å². The van der Waals surface area contributed by atoms with Gasteiger partial charge in [0.15, 0.2) is 0 Å². The number of carbonyl (C=O) groups excluding carboxylic acids is 2. The number of aliphatic hydroxyl groups is 1. The average Bonchev–Trinajstić information content (AvgIpc) is 3.26. The van der Waals surface area contributed by atoms with Crippen molar-refractivity contribution in [1.82, 2.24) is 25.3 Å². The number of aromatic nitrogens is 2. The topological polar surface area (TPSA) is 127 Å². The molecule has 230 valence electrons. The molecule has 2 aliphatic heterocycles. The summed E-state index contributed by atoms with van der Waals surface area (Å²) in [6, 6.07) is 12.5. The zero-order valence-electron chi connectivity index (χ0n) is 25.1. The first-order valence-electron chi connectivity index (χ1n) is 14.8. The summed E-state index contributed by atoms with van der Waals surface area (Å²) in [7, 11) is 1.54. The maximum atomic E-state index is 13.1. The summed E-state index contributed by atoms with van der Waals surface area (Å²) in [6.07, 6.45) is 1.38. The van der Waals surface area contributed by atoms with Crippen LogP contribution in [0.2, 0.25) is 0 Å². The third-order valence-corrected chi connectivity index (χ3v) is 8.05. The van der Waals surface area contributed by atoms with Crippen LogP contribution in [-0.2, 0) is 29.2 Å². The molecule has 0 aliphatic carbocycles. The highest BCUT2D eigenvalue weighted by Crippen LogP contribution is 2.29. The number of nitrogens with one attached hydrogen (secondary N) is 2. The summed E-state index contributed by atoms with van der Waals surface area (Å²) in [5, 5.41) is 20.1. The number of piperidine rings is 1. The molecule has 1 aromatic heterocycles. The van der Waals surface area contributed by atoms with Crippen molar-refractivity contribution >= 4 is 11.8 Å². The van der Waals surface area contributed by atoms with Crippen molar-refractivity contribution in [3.8, 4) is 17.2 Å². The number of ether oxygens (including phenoxy) is 3. The summed E-state index contributed by atoms with van der Waals surface area (Å²) in [5.74, 6) is 1.29. The Morgan fingerprint density at radius 2 is 2.00 bits per heavy atom. The second kappa shape index (κ2) is 14.0. The largest absolute Gasteiger partial charge is 0.497 e. The van der Waals surface area contributed by atoms with E-state index in [1.807, 2.05) is 42.8 Å². The molecule has 0 unspecified atom stereocenters. The summed E-state index contributed by atoms with van der Waals surface area (Å²) in [6.45, 7) is 7.41. The lowest BCUT2D eigenvalue weighted by atomic mass is 10.00. The lowest BCUT2D eigenvalue weighted by molar-refractivity contribution is -0.124. The van der Waals surface area contributed by atoms with Gasteiger partial charge in [-0.1, -0.05) is 12.1 Å². The van der Waals surface area contributed by atoms with Gasteiger partial charge < -0.3 is 30.0 Å². The normalized spacial score (nSPS) is 20.2. The number of carbonyl (C=O) groups is 2. The van der Waals surface area contributed by atoms with Crippen LogP contribution in [0.4, 0.5) is 0 Å². The van der Waals surface area contributed by atoms with Crippen LogP contribution in [-0.4, -0.2) is 77.1 Å². The Morgan fingerprint density at radius 1 is 1.14 bits per heavy atom. The Bertz CT molecular complexity index is 1440. The van der Waals surface area contributed by atoms with Crippen molar-refractivity contribution < 1.29 is 28.9 Å². The van der Waals surface area contributed by atoms with Crippen LogP contribution in [0.25, 0.3) is 0 Å². The van der Waals surface area contributed by atoms with Crippen LogP contribution >= 0.6 is 0 Å². The molecular weight excluding hydrogens is 550 g/mol. The summed E-state index contributed by atoms with van der Waals surface area (Å²) in [4.78, 5) is 28.3. The van der Waals surface area contributed by atoms with Crippen molar-refractivity contribution in [3.05, 3.63) is 70.5 Å². The van der Waals surface area contributed by atoms with Crippen molar-refractivity contribution in [2.75, 3.05) is 33.4 Å². The molecule has 0 radical (unpaired) electrons. The number of hydrogen-bond acceptors (Lipinski definition) is 8. The number of aliphatic hydroxyl groups excluding tert-OH is 1. The van der Waals surface area contributed by atoms with E-state index in [1.165, 1.54) is 0 Å². The lowest BCUT2D eigenvalue weighted by Gasteiger charge is -2.39. The molecule has 2 atom stereocenters. The number of methoxy groups -OCH3 is 1. The van der Waals surface area contributed by atoms with E-state index >= 15 is 0 Å². The van der Waals surface area contributed by atoms with E-state index in [-0.39, 0.29) is 37.0 Å². The first kappa shape index (κ1) is 30.5. The van der Waals surface area contributed by atoms with Crippen molar-refractivity contribution in [2.24, 2.45) is 0 Å². The fourth-order valence-electron chi connectivity index (χ4n) is 5.73. The maximum absolute atomic E-state index is 13.1. The van der Waals surface area contributed by atoms with E-state index in [1.54, 1.807) is 25.3 Å². The smallest absolute Gasteiger partial charge is 0.251 e. The van der Waals surface area contributed by atoms with Crippen LogP contribution in [0.15, 0.2) is 42.5 Å². The van der Waals surface area contributed by atoms with Gasteiger partial charge in [-0.3, -0.25) is 19.2 Å². The van der Waals surface area contributed by atoms with Crippen LogP contribution in [0.1, 0.15) is 52.1 Å². The molecule has 2 aliphatic rings. The molecule has 4 bridgehead atoms. The number of fused-ring (bicyclic) bond motifs is 5. The molecule has 1 saturated heterocycles. The minimum Gasteiger partial charge on any atom is -0.497 e. The van der Waals surface area contributed by atoms with E-state index in [0.717, 1.165) is 35.5 Å². The van der Waals surface area contributed by atoms with Gasteiger partial charge in [0.1, 0.15) is 17.2 Å². The first-order chi connectivity index (χ1) is 20.8. The molecule has 1 fully saturated rings. The van der Waals surface area contributed by atoms with Crippen molar-refractivity contribution in [2.45, 2.75) is 65.0 Å². The van der Waals surface area contributed by atoms with Crippen LogP contribution in [0, 0.1) is 13.8 Å². The fourth-order valence-corrected chi connectivity index (χ4v) is 5.73. The number of nitrogens with zero attached hydrogens (tertiary/aromatic N) is 3. The van der Waals surface area contributed by atoms with Crippen LogP contribution in [0.5, 0.6) is 17.2 Å². The highest BCUT2D eigenvalue weighted by molar-refractivity contribution is 5.95. The van der Waals surface area contributed by atoms with Crippen LogP contribution < -0.4 is 20.1 Å². The van der Waals surface area contributed by atoms with Gasteiger partial charge in [0.2, 0.25) is 5.91 Å². The number of aryl methyl sites for hydroxylation is 1. The summed E-state index contributed by atoms with van der Waals surface area (Å²) >= 11 is 0. The molecule has 2 amide bonds. The third kappa shape index (κ3) is 7.73. The zero-order chi connectivity index (χ0) is 30.3. The molecule has 3 heterocycles. The quantitative estimate of drug-likeness (QED) is 0.413. The van der Waals surface area contributed by atoms with Gasteiger partial charge in [-0.25, -0.2) is 0 Å². The molecule has 3 N–H and O–H groups in total. The maximum Gasteiger partial charge on any atom is 0.251 e. The highest BCUT2D eigenvalue weighted by atomic mass is 16.5. The van der Waals surface area contributed by atoms with Gasteiger partial charge in [0, 0.05) is 55.5 Å². The van der Waals surface area contributed by atoms with Crippen molar-refractivity contribution in [3.63, 3.8) is 0 Å². The fraction of sp³-hybridized carbons (Fsp3) is 0.469. The first-order valence-corrected chi connectivity index (χ1v) is 14.8.